The number of aromatic carboxylic acids is 1. The van der Waals surface area contributed by atoms with Crippen molar-refractivity contribution >= 4 is 58.4 Å². The maximum absolute atomic E-state index is 12.1. The second-order valence-electron chi connectivity index (χ2n) is 10.5. The lowest BCUT2D eigenvalue weighted by Gasteiger charge is -2.36. The van der Waals surface area contributed by atoms with E-state index >= 15 is 0 Å². The minimum absolute atomic E-state index is 0.0355. The van der Waals surface area contributed by atoms with Crippen LogP contribution in [0.2, 0.25) is 0 Å². The molecule has 1 saturated heterocycles. The lowest BCUT2D eigenvalue weighted by atomic mass is 9.98. The van der Waals surface area contributed by atoms with Gasteiger partial charge in [-0.2, -0.15) is 0 Å². The molecule has 1 heterocycles. The number of aliphatic hydroxyl groups is 1. The Morgan fingerprint density at radius 3 is 2.18 bits per heavy atom. The summed E-state index contributed by atoms with van der Waals surface area (Å²) in [5.41, 5.74) is 5.61. The number of nitrogens with one attached hydrogen (secondary N) is 1. The summed E-state index contributed by atoms with van der Waals surface area (Å²) in [4.78, 5) is 24.3. The Morgan fingerprint density at radius 2 is 1.53 bits per heavy atom. The van der Waals surface area contributed by atoms with Crippen molar-refractivity contribution in [1.82, 2.24) is 5.32 Å². The Morgan fingerprint density at radius 1 is 0.867 bits per heavy atom. The lowest BCUT2D eigenvalue weighted by molar-refractivity contribution is -0.245. The number of carbonyl (C=O) groups is 2. The number of amides is 1. The molecule has 45 heavy (non-hydrogen) atoms. The van der Waals surface area contributed by atoms with Crippen LogP contribution in [0.5, 0.6) is 0 Å². The van der Waals surface area contributed by atoms with Gasteiger partial charge in [0, 0.05) is 29.2 Å². The largest absolute Gasteiger partial charge is 0.478 e. The van der Waals surface area contributed by atoms with Crippen LogP contribution in [0.15, 0.2) is 102 Å². The SMILES string of the molecule is O=C(O)c1ccc(SC[C@H]2C[C@@H](c3ccc(CO)cc3)O[C@@H](c3ccc(-c4ccccc4CNC(=O)C(Cl)(Cl)Cl)cc3)O2)cc1. The van der Waals surface area contributed by atoms with E-state index in [2.05, 4.69) is 5.32 Å². The minimum atomic E-state index is -2.04. The van der Waals surface area contributed by atoms with Crippen LogP contribution < -0.4 is 5.32 Å². The summed E-state index contributed by atoms with van der Waals surface area (Å²) >= 11 is 18.7. The standard InChI is InChI=1S/C34H30Cl3NO6S/c35-34(36,37)33(42)38-18-26-3-1-2-4-29(26)22-9-11-25(12-10-22)32-43-27(20-45-28-15-13-24(14-16-28)31(40)41)17-30(44-32)23-7-5-21(19-39)6-8-23/h1-16,27,30,32,39H,17-20H2,(H,38,42)(H,40,41)/t27-,30+,32+/m1/s1. The highest BCUT2D eigenvalue weighted by atomic mass is 35.6. The highest BCUT2D eigenvalue weighted by Crippen LogP contribution is 2.40. The average Bonchev–Trinajstić information content (AvgIpc) is 3.06. The normalized spacial score (nSPS) is 18.4. The van der Waals surface area contributed by atoms with Crippen LogP contribution in [-0.2, 0) is 27.4 Å². The van der Waals surface area contributed by atoms with Gasteiger partial charge < -0.3 is 25.0 Å². The molecule has 0 unspecified atom stereocenters. The number of carbonyl (C=O) groups excluding carboxylic acids is 1. The van der Waals surface area contributed by atoms with Gasteiger partial charge in [0.2, 0.25) is 0 Å². The highest BCUT2D eigenvalue weighted by Gasteiger charge is 2.33. The number of alkyl halides is 3. The van der Waals surface area contributed by atoms with Gasteiger partial charge in [0.1, 0.15) is 0 Å². The van der Waals surface area contributed by atoms with E-state index in [1.165, 1.54) is 0 Å². The van der Waals surface area contributed by atoms with Crippen molar-refractivity contribution in [3.63, 3.8) is 0 Å². The quantitative estimate of drug-likeness (QED) is 0.115. The molecular weight excluding hydrogens is 657 g/mol. The number of benzene rings is 4. The highest BCUT2D eigenvalue weighted by molar-refractivity contribution is 7.99. The van der Waals surface area contributed by atoms with Crippen molar-refractivity contribution in [3.05, 3.63) is 125 Å². The molecule has 0 aromatic heterocycles. The minimum Gasteiger partial charge on any atom is -0.478 e. The van der Waals surface area contributed by atoms with E-state index in [1.54, 1.807) is 36.0 Å². The van der Waals surface area contributed by atoms with E-state index in [-0.39, 0.29) is 30.9 Å². The molecule has 11 heteroatoms. The van der Waals surface area contributed by atoms with E-state index in [4.69, 9.17) is 44.3 Å². The van der Waals surface area contributed by atoms with Crippen molar-refractivity contribution in [2.24, 2.45) is 0 Å². The number of rotatable bonds is 10. The first kappa shape index (κ1) is 33.3. The zero-order valence-electron chi connectivity index (χ0n) is 23.9. The van der Waals surface area contributed by atoms with Crippen LogP contribution >= 0.6 is 46.6 Å². The van der Waals surface area contributed by atoms with Gasteiger partial charge in [-0.1, -0.05) is 108 Å². The van der Waals surface area contributed by atoms with Crippen LogP contribution in [0.1, 0.15) is 51.4 Å². The molecule has 0 aliphatic carbocycles. The van der Waals surface area contributed by atoms with Gasteiger partial charge in [0.15, 0.2) is 6.29 Å². The van der Waals surface area contributed by atoms with Crippen molar-refractivity contribution < 1.29 is 29.3 Å². The number of halogens is 3. The Balaban J connectivity index is 1.33. The van der Waals surface area contributed by atoms with Crippen LogP contribution in [0.3, 0.4) is 0 Å². The van der Waals surface area contributed by atoms with E-state index in [0.717, 1.165) is 38.3 Å². The number of carboxylic acids is 1. The Kier molecular flexibility index (Phi) is 11.1. The summed E-state index contributed by atoms with van der Waals surface area (Å²) in [7, 11) is 0. The first-order valence-corrected chi connectivity index (χ1v) is 16.2. The van der Waals surface area contributed by atoms with Crippen LogP contribution in [-0.4, -0.2) is 37.7 Å². The van der Waals surface area contributed by atoms with Crippen molar-refractivity contribution in [1.29, 1.82) is 0 Å². The fraction of sp³-hybridized carbons (Fsp3) is 0.235. The summed E-state index contributed by atoms with van der Waals surface area (Å²) in [6.07, 6.45) is -0.398. The third kappa shape index (κ3) is 8.80. The molecule has 0 saturated carbocycles. The van der Waals surface area contributed by atoms with Gasteiger partial charge in [0.05, 0.1) is 24.4 Å². The Labute approximate surface area is 280 Å². The first-order valence-electron chi connectivity index (χ1n) is 14.1. The third-order valence-corrected chi connectivity index (χ3v) is 9.02. The molecule has 3 N–H and O–H groups in total. The zero-order valence-corrected chi connectivity index (χ0v) is 27.0. The smallest absolute Gasteiger partial charge is 0.335 e. The number of ether oxygens (including phenoxy) is 2. The van der Waals surface area contributed by atoms with Gasteiger partial charge in [0.25, 0.3) is 9.70 Å². The Hall–Kier alpha value is -3.08. The average molecular weight is 687 g/mol. The summed E-state index contributed by atoms with van der Waals surface area (Å²) in [5, 5.41) is 21.3. The van der Waals surface area contributed by atoms with Crippen LogP contribution in [0, 0.1) is 0 Å². The summed E-state index contributed by atoms with van der Waals surface area (Å²) in [6.45, 7) is 0.154. The number of hydrogen-bond donors (Lipinski definition) is 3. The van der Waals surface area contributed by atoms with Gasteiger partial charge in [-0.15, -0.1) is 11.8 Å². The molecular formula is C34H30Cl3NO6S. The molecule has 1 aliphatic rings. The maximum atomic E-state index is 12.1. The second-order valence-corrected chi connectivity index (χ2v) is 13.8. The zero-order chi connectivity index (χ0) is 32.0. The van der Waals surface area contributed by atoms with Gasteiger partial charge in [-0.3, -0.25) is 4.79 Å². The first-order chi connectivity index (χ1) is 21.6. The van der Waals surface area contributed by atoms with Gasteiger partial charge in [-0.05, 0) is 52.1 Å². The molecule has 5 rings (SSSR count). The van der Waals surface area contributed by atoms with Gasteiger partial charge in [-0.25, -0.2) is 4.79 Å². The summed E-state index contributed by atoms with van der Waals surface area (Å²) in [6, 6.07) is 30.0. The van der Waals surface area contributed by atoms with E-state index in [9.17, 15) is 19.8 Å². The molecule has 3 atom stereocenters. The van der Waals surface area contributed by atoms with E-state index in [0.29, 0.717) is 12.2 Å². The van der Waals surface area contributed by atoms with Crippen LogP contribution in [0.4, 0.5) is 0 Å². The Bertz CT molecular complexity index is 1610. The molecule has 0 bridgehead atoms. The number of hydrogen-bond acceptors (Lipinski definition) is 6. The van der Waals surface area contributed by atoms with Crippen molar-refractivity contribution in [2.75, 3.05) is 5.75 Å². The van der Waals surface area contributed by atoms with E-state index < -0.39 is 22.0 Å². The molecule has 1 amide bonds. The predicted molar refractivity (Wildman–Crippen MR) is 177 cm³/mol. The molecule has 4 aromatic rings. The summed E-state index contributed by atoms with van der Waals surface area (Å²) < 4.78 is 10.9. The lowest BCUT2D eigenvalue weighted by Crippen LogP contribution is -2.34. The fourth-order valence-electron chi connectivity index (χ4n) is 4.96. The number of aliphatic hydroxyl groups excluding tert-OH is 1. The number of carboxylic acid groups (broad SMARTS) is 1. The molecule has 7 nitrogen and oxygen atoms in total. The fourth-order valence-corrected chi connectivity index (χ4v) is 6.08. The molecule has 234 valence electrons. The summed E-state index contributed by atoms with van der Waals surface area (Å²) in [5.74, 6) is -1.02. The molecule has 1 aliphatic heterocycles. The van der Waals surface area contributed by atoms with Crippen LogP contribution in [0.25, 0.3) is 11.1 Å². The van der Waals surface area contributed by atoms with E-state index in [1.807, 2.05) is 72.8 Å². The van der Waals surface area contributed by atoms with Crippen molar-refractivity contribution in [2.45, 2.75) is 46.8 Å². The maximum Gasteiger partial charge on any atom is 0.335 e. The predicted octanol–water partition coefficient (Wildman–Crippen LogP) is 7.87. The topological polar surface area (TPSA) is 105 Å². The molecule has 0 radical (unpaired) electrons. The number of thioether (sulfide) groups is 1. The third-order valence-electron chi connectivity index (χ3n) is 7.36. The molecule has 1 fully saturated rings. The van der Waals surface area contributed by atoms with Crippen molar-refractivity contribution in [3.8, 4) is 11.1 Å². The monoisotopic (exact) mass is 685 g/mol. The molecule has 4 aromatic carbocycles. The van der Waals surface area contributed by atoms with Gasteiger partial charge >= 0.3 is 5.97 Å². The molecule has 0 spiro atoms. The second kappa shape index (κ2) is 15.0.